The van der Waals surface area contributed by atoms with Crippen molar-refractivity contribution in [3.63, 3.8) is 0 Å². The Bertz CT molecular complexity index is 4140. The monoisotopic (exact) mass is 1010 g/mol. The molecule has 79 heavy (non-hydrogen) atoms. The molecule has 11 aromatic rings. The molecule has 2 bridgehead atoms. The molecule has 4 atom stereocenters. The molecule has 2 heteroatoms. The van der Waals surface area contributed by atoms with Crippen LogP contribution in [0.15, 0.2) is 261 Å². The highest BCUT2D eigenvalue weighted by Gasteiger charge is 2.54. The zero-order valence-corrected chi connectivity index (χ0v) is 44.8. The number of fused-ring (bicyclic) bond motifs is 15. The lowest BCUT2D eigenvalue weighted by molar-refractivity contribution is 0.420. The molecule has 0 aromatic heterocycles. The lowest BCUT2D eigenvalue weighted by Gasteiger charge is -2.37. The van der Waals surface area contributed by atoms with Crippen molar-refractivity contribution in [3.05, 3.63) is 300 Å². The van der Waals surface area contributed by atoms with Gasteiger partial charge in [0.25, 0.3) is 0 Å². The molecule has 11 aromatic carbocycles. The fourth-order valence-corrected chi connectivity index (χ4v) is 15.7. The van der Waals surface area contributed by atoms with Crippen LogP contribution < -0.4 is 9.80 Å². The summed E-state index contributed by atoms with van der Waals surface area (Å²) in [5.74, 6) is 2.36. The second-order valence-corrected chi connectivity index (χ2v) is 23.5. The third kappa shape index (κ3) is 6.90. The summed E-state index contributed by atoms with van der Waals surface area (Å²) in [4.78, 5) is 5.10. The second kappa shape index (κ2) is 17.8. The third-order valence-electron chi connectivity index (χ3n) is 19.1. The van der Waals surface area contributed by atoms with Gasteiger partial charge in [-0.25, -0.2) is 0 Å². The van der Waals surface area contributed by atoms with Crippen LogP contribution in [0.25, 0.3) is 55.6 Å². The van der Waals surface area contributed by atoms with Crippen molar-refractivity contribution >= 4 is 34.1 Å². The van der Waals surface area contributed by atoms with Gasteiger partial charge in [0.2, 0.25) is 0 Å². The fourth-order valence-electron chi connectivity index (χ4n) is 15.7. The summed E-state index contributed by atoms with van der Waals surface area (Å²) in [6.45, 7) is 4.76. The maximum Gasteiger partial charge on any atom is 0.0746 e. The maximum atomic E-state index is 2.63. The summed E-state index contributed by atoms with van der Waals surface area (Å²) in [7, 11) is 0. The zero-order chi connectivity index (χ0) is 52.4. The largest absolute Gasteiger partial charge is 0.310 e. The number of anilines is 6. The van der Waals surface area contributed by atoms with E-state index in [2.05, 4.69) is 285 Å². The van der Waals surface area contributed by atoms with E-state index in [1.54, 1.807) is 0 Å². The predicted molar refractivity (Wildman–Crippen MR) is 329 cm³/mol. The average molecular weight is 1010 g/mol. The number of nitrogens with zero attached hydrogens (tertiary/aromatic N) is 2. The Morgan fingerprint density at radius 2 is 0.848 bits per heavy atom. The Kier molecular flexibility index (Phi) is 10.4. The number of hydrogen-bond acceptors (Lipinski definition) is 2. The van der Waals surface area contributed by atoms with E-state index < -0.39 is 5.41 Å². The Morgan fingerprint density at radius 1 is 0.329 bits per heavy atom. The van der Waals surface area contributed by atoms with Crippen molar-refractivity contribution < 1.29 is 0 Å². The normalized spacial score (nSPS) is 19.1. The highest BCUT2D eigenvalue weighted by Crippen LogP contribution is 2.67. The first kappa shape index (κ1) is 46.1. The SMILES string of the molecule is CC1(C)c2ccccc2-c2cc(N(c3ccccc3)c3cc4c(cc3-c3ccc(C5CC6CCC5C6)cc3)-c3ccccc3C43c4ccccc4-c4cc(-c5ccccc5)cc(N(c5ccccc5)c5ccccc5)c43)ccc21. The van der Waals surface area contributed by atoms with Crippen molar-refractivity contribution in [1.29, 1.82) is 0 Å². The molecule has 2 fully saturated rings. The molecule has 1 spiro atoms. The van der Waals surface area contributed by atoms with Crippen molar-refractivity contribution in [2.75, 3.05) is 9.80 Å². The van der Waals surface area contributed by atoms with E-state index >= 15 is 0 Å². The number of rotatable bonds is 9. The molecule has 0 N–H and O–H groups in total. The van der Waals surface area contributed by atoms with Crippen molar-refractivity contribution in [2.45, 2.75) is 56.3 Å². The van der Waals surface area contributed by atoms with Gasteiger partial charge in [0.1, 0.15) is 0 Å². The zero-order valence-electron chi connectivity index (χ0n) is 44.8. The van der Waals surface area contributed by atoms with Crippen molar-refractivity contribution in [2.24, 2.45) is 11.8 Å². The molecule has 2 saturated carbocycles. The molecule has 378 valence electrons. The van der Waals surface area contributed by atoms with Crippen LogP contribution in [0.3, 0.4) is 0 Å². The summed E-state index contributed by atoms with van der Waals surface area (Å²) >= 11 is 0. The highest BCUT2D eigenvalue weighted by atomic mass is 15.2. The van der Waals surface area contributed by atoms with Crippen LogP contribution in [0.4, 0.5) is 34.1 Å². The molecular formula is C77H60N2. The lowest BCUT2D eigenvalue weighted by atomic mass is 9.69. The van der Waals surface area contributed by atoms with Gasteiger partial charge in [-0.05, 0) is 193 Å². The van der Waals surface area contributed by atoms with E-state index in [0.29, 0.717) is 5.92 Å². The van der Waals surface area contributed by atoms with E-state index in [-0.39, 0.29) is 5.41 Å². The van der Waals surface area contributed by atoms with Gasteiger partial charge in [0.15, 0.2) is 0 Å². The Morgan fingerprint density at radius 3 is 1.44 bits per heavy atom. The van der Waals surface area contributed by atoms with Gasteiger partial charge in [0.05, 0.1) is 16.8 Å². The van der Waals surface area contributed by atoms with Gasteiger partial charge >= 0.3 is 0 Å². The predicted octanol–water partition coefficient (Wildman–Crippen LogP) is 20.5. The number of para-hydroxylation sites is 3. The first-order valence-electron chi connectivity index (χ1n) is 28.7. The standard InChI is InChI=1S/C77H60N2/c1-76(2)68-32-18-15-29-60(68)65-47-59(41-42-69(65)76)79(58-27-13-6-14-28-58)73-49-72-66(48-64(73)53-39-37-52(38-40-53)63-44-50-35-36-54(63)43-50)61-30-16-19-33-70(61)77(72)71-34-20-17-31-62(71)67-45-55(51-21-7-3-8-22-51)46-74(75(67)77)78(56-23-9-4-10-24-56)57-25-11-5-12-26-57/h3-34,37-42,45-50,54,63H,35-36,43-44H2,1-2H3. The summed E-state index contributed by atoms with van der Waals surface area (Å²) in [6.07, 6.45) is 5.50. The minimum Gasteiger partial charge on any atom is -0.310 e. The molecule has 0 saturated heterocycles. The lowest BCUT2D eigenvalue weighted by Crippen LogP contribution is -2.28. The fraction of sp³-hybridized carbons (Fsp3) is 0.143. The third-order valence-corrected chi connectivity index (χ3v) is 19.1. The van der Waals surface area contributed by atoms with Crippen molar-refractivity contribution in [3.8, 4) is 55.6 Å². The van der Waals surface area contributed by atoms with Gasteiger partial charge in [-0.1, -0.05) is 208 Å². The molecule has 0 heterocycles. The van der Waals surface area contributed by atoms with Gasteiger partial charge in [-0.15, -0.1) is 0 Å². The minimum atomic E-state index is -0.716. The molecule has 4 unspecified atom stereocenters. The van der Waals surface area contributed by atoms with Crippen LogP contribution >= 0.6 is 0 Å². The van der Waals surface area contributed by atoms with Gasteiger partial charge in [-0.3, -0.25) is 0 Å². The van der Waals surface area contributed by atoms with Crippen LogP contribution in [0.2, 0.25) is 0 Å². The molecule has 5 aliphatic rings. The first-order chi connectivity index (χ1) is 38.9. The maximum absolute atomic E-state index is 2.63. The van der Waals surface area contributed by atoms with Crippen LogP contribution in [-0.4, -0.2) is 0 Å². The average Bonchev–Trinajstić information content (AvgIpc) is 3.64. The van der Waals surface area contributed by atoms with Gasteiger partial charge in [0, 0.05) is 39.3 Å². The van der Waals surface area contributed by atoms with Crippen molar-refractivity contribution in [1.82, 2.24) is 0 Å². The Balaban J connectivity index is 1.01. The van der Waals surface area contributed by atoms with Gasteiger partial charge in [-0.2, -0.15) is 0 Å². The van der Waals surface area contributed by atoms with Crippen LogP contribution in [0.5, 0.6) is 0 Å². The molecular weight excluding hydrogens is 953 g/mol. The van der Waals surface area contributed by atoms with E-state index in [4.69, 9.17) is 0 Å². The van der Waals surface area contributed by atoms with E-state index in [9.17, 15) is 0 Å². The topological polar surface area (TPSA) is 6.48 Å². The van der Waals surface area contributed by atoms with Crippen LogP contribution in [-0.2, 0) is 10.8 Å². The Labute approximate surface area is 465 Å². The molecule has 2 nitrogen and oxygen atoms in total. The van der Waals surface area contributed by atoms with Gasteiger partial charge < -0.3 is 9.80 Å². The summed E-state index contributed by atoms with van der Waals surface area (Å²) in [5, 5.41) is 0. The first-order valence-corrected chi connectivity index (χ1v) is 28.7. The molecule has 5 aliphatic carbocycles. The minimum absolute atomic E-state index is 0.117. The molecule has 0 amide bonds. The number of benzene rings is 11. The number of hydrogen-bond donors (Lipinski definition) is 0. The highest BCUT2D eigenvalue weighted by molar-refractivity contribution is 6.04. The molecule has 0 radical (unpaired) electrons. The van der Waals surface area contributed by atoms with E-state index in [0.717, 1.165) is 46.0 Å². The van der Waals surface area contributed by atoms with E-state index in [1.165, 1.54) is 120 Å². The van der Waals surface area contributed by atoms with E-state index in [1.807, 2.05) is 0 Å². The molecule has 16 rings (SSSR count). The quantitative estimate of drug-likeness (QED) is 0.142. The smallest absolute Gasteiger partial charge is 0.0746 e. The van der Waals surface area contributed by atoms with Crippen LogP contribution in [0, 0.1) is 11.8 Å². The second-order valence-electron chi connectivity index (χ2n) is 23.5. The summed E-state index contributed by atoms with van der Waals surface area (Å²) in [6, 6.07) is 99.2. The van der Waals surface area contributed by atoms with Crippen LogP contribution in [0.1, 0.15) is 84.4 Å². The summed E-state index contributed by atoms with van der Waals surface area (Å²) in [5.41, 5.74) is 28.0. The summed E-state index contributed by atoms with van der Waals surface area (Å²) < 4.78 is 0. The molecule has 0 aliphatic heterocycles. The Hall–Kier alpha value is -8.98.